The van der Waals surface area contributed by atoms with Crippen LogP contribution in [0.1, 0.15) is 10.4 Å². The second-order valence-electron chi connectivity index (χ2n) is 5.56. The van der Waals surface area contributed by atoms with Crippen LogP contribution >= 0.6 is 0 Å². The second-order valence-corrected chi connectivity index (χ2v) is 7.58. The molecule has 0 unspecified atom stereocenters. The van der Waals surface area contributed by atoms with E-state index in [1.807, 2.05) is 24.3 Å². The zero-order chi connectivity index (χ0) is 18.0. The quantitative estimate of drug-likeness (QED) is 0.529. The van der Waals surface area contributed by atoms with Gasteiger partial charge in [0.2, 0.25) is 0 Å². The van der Waals surface area contributed by atoms with Gasteiger partial charge >= 0.3 is 5.97 Å². The Morgan fingerprint density at radius 3 is 2.04 bits per heavy atom. The number of hydrogen-bond donors (Lipinski definition) is 0. The average Bonchev–Trinajstić information content (AvgIpc) is 2.60. The topological polar surface area (TPSA) is 69.7 Å². The van der Waals surface area contributed by atoms with Crippen LogP contribution in [-0.4, -0.2) is 27.8 Å². The van der Waals surface area contributed by atoms with Crippen LogP contribution < -0.4 is 9.47 Å². The van der Waals surface area contributed by atoms with E-state index in [1.165, 1.54) is 24.3 Å². The molecule has 0 bridgehead atoms. The fourth-order valence-corrected chi connectivity index (χ4v) is 3.03. The predicted octanol–water partition coefficient (Wildman–Crippen LogP) is 3.47. The Morgan fingerprint density at radius 2 is 1.44 bits per heavy atom. The van der Waals surface area contributed by atoms with Crippen LogP contribution in [0.5, 0.6) is 11.5 Å². The van der Waals surface area contributed by atoms with Gasteiger partial charge in [0, 0.05) is 6.26 Å². The van der Waals surface area contributed by atoms with Crippen molar-refractivity contribution in [2.75, 3.05) is 13.4 Å². The monoisotopic (exact) mass is 356 g/mol. The highest BCUT2D eigenvalue weighted by Gasteiger charge is 2.12. The van der Waals surface area contributed by atoms with Gasteiger partial charge in [0.25, 0.3) is 0 Å². The summed E-state index contributed by atoms with van der Waals surface area (Å²) in [6, 6.07) is 16.6. The zero-order valence-corrected chi connectivity index (χ0v) is 14.5. The van der Waals surface area contributed by atoms with Gasteiger partial charge in [-0.2, -0.15) is 0 Å². The minimum atomic E-state index is -3.30. The van der Waals surface area contributed by atoms with Gasteiger partial charge in [-0.1, -0.05) is 12.1 Å². The van der Waals surface area contributed by atoms with Gasteiger partial charge in [0.1, 0.15) is 11.5 Å². The van der Waals surface area contributed by atoms with E-state index < -0.39 is 15.8 Å². The fraction of sp³-hybridized carbons (Fsp3) is 0.105. The van der Waals surface area contributed by atoms with Crippen LogP contribution in [0.2, 0.25) is 0 Å². The molecule has 0 atom stereocenters. The number of methoxy groups -OCH3 is 1. The normalized spacial score (nSPS) is 11.3. The van der Waals surface area contributed by atoms with E-state index in [0.717, 1.165) is 17.0 Å². The average molecular weight is 356 g/mol. The Kier molecular flexibility index (Phi) is 4.46. The molecule has 3 aromatic carbocycles. The van der Waals surface area contributed by atoms with Crippen LogP contribution in [0.4, 0.5) is 0 Å². The molecule has 0 saturated heterocycles. The van der Waals surface area contributed by atoms with Crippen LogP contribution in [0, 0.1) is 0 Å². The molecular formula is C19H16O5S. The molecule has 0 spiro atoms. The van der Waals surface area contributed by atoms with E-state index in [0.29, 0.717) is 11.5 Å². The van der Waals surface area contributed by atoms with E-state index in [9.17, 15) is 13.2 Å². The minimum Gasteiger partial charge on any atom is -0.497 e. The first-order valence-electron chi connectivity index (χ1n) is 7.47. The number of carbonyl (C=O) groups excluding carboxylic acids is 1. The van der Waals surface area contributed by atoms with Crippen LogP contribution in [0.15, 0.2) is 65.6 Å². The van der Waals surface area contributed by atoms with Crippen molar-refractivity contribution in [3.8, 4) is 11.5 Å². The third-order valence-electron chi connectivity index (χ3n) is 3.75. The molecule has 0 saturated carbocycles. The molecule has 5 nitrogen and oxygen atoms in total. The van der Waals surface area contributed by atoms with Gasteiger partial charge in [-0.05, 0) is 59.3 Å². The van der Waals surface area contributed by atoms with E-state index in [4.69, 9.17) is 9.47 Å². The summed E-state index contributed by atoms with van der Waals surface area (Å²) in [6.45, 7) is 0. The molecule has 0 aliphatic carbocycles. The van der Waals surface area contributed by atoms with Crippen molar-refractivity contribution in [1.29, 1.82) is 0 Å². The molecule has 0 N–H and O–H groups in total. The van der Waals surface area contributed by atoms with Crippen molar-refractivity contribution in [2.45, 2.75) is 4.90 Å². The first-order valence-corrected chi connectivity index (χ1v) is 9.36. The van der Waals surface area contributed by atoms with Gasteiger partial charge in [0.15, 0.2) is 9.84 Å². The molecule has 3 aromatic rings. The number of sulfone groups is 1. The summed E-state index contributed by atoms with van der Waals surface area (Å²) in [5, 5.41) is 1.88. The molecule has 0 fully saturated rings. The molecular weight excluding hydrogens is 340 g/mol. The fourth-order valence-electron chi connectivity index (χ4n) is 2.40. The number of fused-ring (bicyclic) bond motifs is 1. The first kappa shape index (κ1) is 17.0. The number of esters is 1. The second kappa shape index (κ2) is 6.57. The lowest BCUT2D eigenvalue weighted by atomic mass is 10.1. The van der Waals surface area contributed by atoms with Crippen molar-refractivity contribution < 1.29 is 22.7 Å². The maximum absolute atomic E-state index is 12.2. The van der Waals surface area contributed by atoms with E-state index in [2.05, 4.69) is 0 Å². The molecule has 0 radical (unpaired) electrons. The SMILES string of the molecule is COc1ccc2ccc(OC(=O)c3ccc(S(C)(=O)=O)cc3)cc2c1. The summed E-state index contributed by atoms with van der Waals surface area (Å²) < 4.78 is 33.5. The highest BCUT2D eigenvalue weighted by atomic mass is 32.2. The van der Waals surface area contributed by atoms with Crippen LogP contribution in [0.3, 0.4) is 0 Å². The predicted molar refractivity (Wildman–Crippen MR) is 95.0 cm³/mol. The highest BCUT2D eigenvalue weighted by Crippen LogP contribution is 2.25. The molecule has 3 rings (SSSR count). The number of benzene rings is 3. The molecule has 6 heteroatoms. The highest BCUT2D eigenvalue weighted by molar-refractivity contribution is 7.90. The maximum Gasteiger partial charge on any atom is 0.343 e. The Labute approximate surface area is 145 Å². The third kappa shape index (κ3) is 3.80. The van der Waals surface area contributed by atoms with Gasteiger partial charge < -0.3 is 9.47 Å². The number of ether oxygens (including phenoxy) is 2. The van der Waals surface area contributed by atoms with Crippen LogP contribution in [0.25, 0.3) is 10.8 Å². The van der Waals surface area contributed by atoms with Gasteiger partial charge in [0.05, 0.1) is 17.6 Å². The summed E-state index contributed by atoms with van der Waals surface area (Å²) in [4.78, 5) is 12.4. The van der Waals surface area contributed by atoms with Crippen molar-refractivity contribution in [3.63, 3.8) is 0 Å². The lowest BCUT2D eigenvalue weighted by Crippen LogP contribution is -2.09. The Hall–Kier alpha value is -2.86. The molecule has 0 aliphatic rings. The first-order chi connectivity index (χ1) is 11.9. The standard InChI is InChI=1S/C19H16O5S/c1-23-16-7-3-13-4-8-17(12-15(13)11-16)24-19(20)14-5-9-18(10-6-14)25(2,21)22/h3-12H,1-2H3. The summed E-state index contributed by atoms with van der Waals surface area (Å²) in [5.74, 6) is 0.563. The van der Waals surface area contributed by atoms with E-state index in [1.54, 1.807) is 19.2 Å². The Balaban J connectivity index is 1.83. The molecule has 0 heterocycles. The van der Waals surface area contributed by atoms with Crippen molar-refractivity contribution >= 4 is 26.6 Å². The largest absolute Gasteiger partial charge is 0.497 e. The Morgan fingerprint density at radius 1 is 0.840 bits per heavy atom. The molecule has 0 aliphatic heterocycles. The van der Waals surface area contributed by atoms with Crippen molar-refractivity contribution in [2.24, 2.45) is 0 Å². The number of hydrogen-bond acceptors (Lipinski definition) is 5. The van der Waals surface area contributed by atoms with Crippen LogP contribution in [-0.2, 0) is 9.84 Å². The lowest BCUT2D eigenvalue weighted by Gasteiger charge is -2.07. The summed E-state index contributed by atoms with van der Waals surface area (Å²) >= 11 is 0. The smallest absolute Gasteiger partial charge is 0.343 e. The molecule has 0 amide bonds. The van der Waals surface area contributed by atoms with Gasteiger partial charge in [-0.15, -0.1) is 0 Å². The van der Waals surface area contributed by atoms with E-state index >= 15 is 0 Å². The molecule has 25 heavy (non-hydrogen) atoms. The van der Waals surface area contributed by atoms with Gasteiger partial charge in [-0.25, -0.2) is 13.2 Å². The summed E-state index contributed by atoms with van der Waals surface area (Å²) in [6.07, 6.45) is 1.11. The van der Waals surface area contributed by atoms with Gasteiger partial charge in [-0.3, -0.25) is 0 Å². The summed E-state index contributed by atoms with van der Waals surface area (Å²) in [7, 11) is -1.71. The lowest BCUT2D eigenvalue weighted by molar-refractivity contribution is 0.0735. The Bertz CT molecular complexity index is 1040. The summed E-state index contributed by atoms with van der Waals surface area (Å²) in [5.41, 5.74) is 0.276. The zero-order valence-electron chi connectivity index (χ0n) is 13.7. The maximum atomic E-state index is 12.2. The minimum absolute atomic E-state index is 0.154. The number of rotatable bonds is 4. The molecule has 128 valence electrons. The van der Waals surface area contributed by atoms with Crippen molar-refractivity contribution in [1.82, 2.24) is 0 Å². The third-order valence-corrected chi connectivity index (χ3v) is 4.88. The number of carbonyl (C=O) groups is 1. The van der Waals surface area contributed by atoms with Crippen molar-refractivity contribution in [3.05, 3.63) is 66.2 Å². The molecule has 0 aromatic heterocycles. The van der Waals surface area contributed by atoms with E-state index in [-0.39, 0.29) is 10.5 Å².